The van der Waals surface area contributed by atoms with Gasteiger partial charge < -0.3 is 9.47 Å². The zero-order valence-electron chi connectivity index (χ0n) is 27.3. The molecule has 0 bridgehead atoms. The van der Waals surface area contributed by atoms with Gasteiger partial charge in [-0.3, -0.25) is 4.98 Å². The van der Waals surface area contributed by atoms with E-state index in [1.54, 1.807) is 0 Å². The zero-order chi connectivity index (χ0) is 33.1. The third-order valence-electron chi connectivity index (χ3n) is 10.1. The maximum atomic E-state index is 7.47. The van der Waals surface area contributed by atoms with E-state index in [0.717, 1.165) is 50.0 Å². The summed E-state index contributed by atoms with van der Waals surface area (Å²) in [6.45, 7) is 12.1. The molecule has 0 saturated heterocycles. The van der Waals surface area contributed by atoms with Crippen LogP contribution in [-0.2, 0) is 5.41 Å². The topological polar surface area (TPSA) is 25.4 Å². The van der Waals surface area contributed by atoms with Crippen molar-refractivity contribution in [3.05, 3.63) is 181 Å². The largest absolute Gasteiger partial charge is 0.310 e. The van der Waals surface area contributed by atoms with Crippen LogP contribution < -0.4 is 4.90 Å². The van der Waals surface area contributed by atoms with Gasteiger partial charge in [0.2, 0.25) is 0 Å². The Balaban J connectivity index is 1.36. The molecule has 3 heterocycles. The molecular formula is C45H32N4. The molecule has 2 aromatic heterocycles. The van der Waals surface area contributed by atoms with Crippen molar-refractivity contribution in [3.8, 4) is 27.9 Å². The number of fused-ring (bicyclic) bond motifs is 5. The summed E-state index contributed by atoms with van der Waals surface area (Å²) in [5, 5.41) is 2.30. The summed E-state index contributed by atoms with van der Waals surface area (Å²) >= 11 is 0. The van der Waals surface area contributed by atoms with Gasteiger partial charge in [-0.15, -0.1) is 0 Å². The quantitative estimate of drug-likeness (QED) is 0.181. The highest BCUT2D eigenvalue weighted by Crippen LogP contribution is 2.52. The minimum Gasteiger partial charge on any atom is -0.310 e. The highest BCUT2D eigenvalue weighted by Gasteiger charge is 2.36. The second kappa shape index (κ2) is 11.1. The lowest BCUT2D eigenvalue weighted by molar-refractivity contribution is 0.632. The van der Waals surface area contributed by atoms with Crippen LogP contribution in [0.1, 0.15) is 25.0 Å². The van der Waals surface area contributed by atoms with Gasteiger partial charge in [0.05, 0.1) is 29.0 Å². The first-order valence-electron chi connectivity index (χ1n) is 16.6. The van der Waals surface area contributed by atoms with Crippen LogP contribution >= 0.6 is 0 Å². The fraction of sp³-hybridized carbons (Fsp3) is 0.0667. The molecule has 0 fully saturated rings. The second-order valence-electron chi connectivity index (χ2n) is 13.2. The molecular weight excluding hydrogens is 597 g/mol. The van der Waals surface area contributed by atoms with Crippen molar-refractivity contribution in [2.24, 2.45) is 0 Å². The van der Waals surface area contributed by atoms with E-state index in [4.69, 9.17) is 6.57 Å². The molecule has 0 saturated carbocycles. The zero-order valence-corrected chi connectivity index (χ0v) is 27.3. The molecule has 9 rings (SSSR count). The second-order valence-corrected chi connectivity index (χ2v) is 13.2. The number of rotatable bonds is 4. The highest BCUT2D eigenvalue weighted by atomic mass is 15.2. The van der Waals surface area contributed by atoms with Crippen molar-refractivity contribution in [1.29, 1.82) is 0 Å². The number of nitrogens with zero attached hydrogens (tertiary/aromatic N) is 4. The van der Waals surface area contributed by atoms with Gasteiger partial charge in [-0.05, 0) is 75.8 Å². The molecule has 0 aliphatic carbocycles. The van der Waals surface area contributed by atoms with Gasteiger partial charge >= 0.3 is 0 Å². The van der Waals surface area contributed by atoms with Crippen LogP contribution in [0.5, 0.6) is 0 Å². The average Bonchev–Trinajstić information content (AvgIpc) is 3.49. The van der Waals surface area contributed by atoms with Crippen molar-refractivity contribution in [1.82, 2.24) is 9.55 Å². The Hall–Kier alpha value is -6.44. The minimum atomic E-state index is -0.159. The van der Waals surface area contributed by atoms with Crippen molar-refractivity contribution < 1.29 is 0 Å². The molecule has 4 heteroatoms. The summed E-state index contributed by atoms with van der Waals surface area (Å²) in [4.78, 5) is 10.6. The Kier molecular flexibility index (Phi) is 6.50. The Bertz CT molecular complexity index is 2500. The maximum Gasteiger partial charge on any atom is 0.187 e. The van der Waals surface area contributed by atoms with Crippen LogP contribution in [0.3, 0.4) is 0 Å². The summed E-state index contributed by atoms with van der Waals surface area (Å²) in [7, 11) is 0. The molecule has 0 radical (unpaired) electrons. The Morgan fingerprint density at radius 1 is 0.571 bits per heavy atom. The van der Waals surface area contributed by atoms with E-state index in [-0.39, 0.29) is 5.41 Å². The summed E-state index contributed by atoms with van der Waals surface area (Å²) in [6, 6.07) is 51.8. The fourth-order valence-corrected chi connectivity index (χ4v) is 7.75. The Morgan fingerprint density at radius 3 is 1.88 bits per heavy atom. The number of para-hydroxylation sites is 3. The maximum absolute atomic E-state index is 7.47. The van der Waals surface area contributed by atoms with E-state index in [2.05, 4.69) is 167 Å². The number of benzene rings is 6. The van der Waals surface area contributed by atoms with Gasteiger partial charge in [-0.2, -0.15) is 0 Å². The molecule has 49 heavy (non-hydrogen) atoms. The molecule has 0 unspecified atom stereocenters. The summed E-state index contributed by atoms with van der Waals surface area (Å²) in [6.07, 6.45) is 3.85. The normalized spacial score (nSPS) is 13.2. The van der Waals surface area contributed by atoms with Crippen LogP contribution in [0.25, 0.3) is 54.6 Å². The average molecular weight is 629 g/mol. The van der Waals surface area contributed by atoms with Gasteiger partial charge in [0.1, 0.15) is 0 Å². The standard InChI is InChI=1S/C45H32N4/c1-45(2)39-15-7-10-18-43(39)49(44-19-11-8-16-40(44)45)34-27-31(36-13-5-4-12-35(36)30-20-22-32(46-3)23-21-30)26-33(28-34)48-41-17-9-6-14-37(41)38-29-47-25-24-42(38)48/h4-29H,1-2H3. The Morgan fingerprint density at radius 2 is 1.16 bits per heavy atom. The van der Waals surface area contributed by atoms with Gasteiger partial charge in [-0.25, -0.2) is 4.85 Å². The number of aromatic nitrogens is 2. The molecule has 0 spiro atoms. The van der Waals surface area contributed by atoms with E-state index >= 15 is 0 Å². The van der Waals surface area contributed by atoms with Gasteiger partial charge in [-0.1, -0.05) is 117 Å². The molecule has 1 aliphatic rings. The summed E-state index contributed by atoms with van der Waals surface area (Å²) in [5.41, 5.74) is 14.3. The summed E-state index contributed by atoms with van der Waals surface area (Å²) in [5.74, 6) is 0. The smallest absolute Gasteiger partial charge is 0.187 e. The minimum absolute atomic E-state index is 0.159. The number of hydrogen-bond donors (Lipinski definition) is 0. The summed E-state index contributed by atoms with van der Waals surface area (Å²) < 4.78 is 2.37. The van der Waals surface area contributed by atoms with Crippen molar-refractivity contribution in [2.75, 3.05) is 4.90 Å². The molecule has 0 amide bonds. The van der Waals surface area contributed by atoms with E-state index in [1.165, 1.54) is 27.9 Å². The number of anilines is 3. The third kappa shape index (κ3) is 4.47. The van der Waals surface area contributed by atoms with Crippen LogP contribution in [0.2, 0.25) is 0 Å². The molecule has 8 aromatic rings. The van der Waals surface area contributed by atoms with Crippen LogP contribution in [0.15, 0.2) is 158 Å². The predicted molar refractivity (Wildman–Crippen MR) is 203 cm³/mol. The molecule has 4 nitrogen and oxygen atoms in total. The van der Waals surface area contributed by atoms with Crippen molar-refractivity contribution >= 4 is 44.6 Å². The predicted octanol–water partition coefficient (Wildman–Crippen LogP) is 12.2. The SMILES string of the molecule is [C-]#[N+]c1ccc(-c2ccccc2-c2cc(N3c4ccccc4C(C)(C)c4ccccc43)cc(-n3c4ccccc4c4cnccc43)c2)cc1. The third-order valence-corrected chi connectivity index (χ3v) is 10.1. The molecule has 0 atom stereocenters. The monoisotopic (exact) mass is 628 g/mol. The molecule has 6 aromatic carbocycles. The van der Waals surface area contributed by atoms with E-state index in [1.807, 2.05) is 24.5 Å². The van der Waals surface area contributed by atoms with Gasteiger partial charge in [0.25, 0.3) is 0 Å². The van der Waals surface area contributed by atoms with E-state index in [0.29, 0.717) is 5.69 Å². The highest BCUT2D eigenvalue weighted by molar-refractivity contribution is 6.09. The molecule has 232 valence electrons. The van der Waals surface area contributed by atoms with Crippen LogP contribution in [0.4, 0.5) is 22.7 Å². The first-order chi connectivity index (χ1) is 24.0. The van der Waals surface area contributed by atoms with Crippen LogP contribution in [-0.4, -0.2) is 9.55 Å². The lowest BCUT2D eigenvalue weighted by atomic mass is 9.73. The first kappa shape index (κ1) is 28.8. The lowest BCUT2D eigenvalue weighted by Gasteiger charge is -2.42. The van der Waals surface area contributed by atoms with Crippen molar-refractivity contribution in [3.63, 3.8) is 0 Å². The molecule has 1 aliphatic heterocycles. The van der Waals surface area contributed by atoms with Gasteiger partial charge in [0.15, 0.2) is 5.69 Å². The number of hydrogen-bond acceptors (Lipinski definition) is 2. The van der Waals surface area contributed by atoms with E-state index in [9.17, 15) is 0 Å². The first-order valence-corrected chi connectivity index (χ1v) is 16.6. The lowest BCUT2D eigenvalue weighted by Crippen LogP contribution is -2.30. The Labute approximate surface area is 286 Å². The fourth-order valence-electron chi connectivity index (χ4n) is 7.75. The van der Waals surface area contributed by atoms with Gasteiger partial charge in [0, 0.05) is 40.0 Å². The van der Waals surface area contributed by atoms with Crippen molar-refractivity contribution in [2.45, 2.75) is 19.3 Å². The molecule has 0 N–H and O–H groups in total. The van der Waals surface area contributed by atoms with E-state index < -0.39 is 0 Å². The van der Waals surface area contributed by atoms with Crippen LogP contribution in [0, 0.1) is 6.57 Å². The number of pyridine rings is 1.